The maximum atomic E-state index is 14.1. The fourth-order valence-electron chi connectivity index (χ4n) is 9.65. The summed E-state index contributed by atoms with van der Waals surface area (Å²) >= 11 is 0. The van der Waals surface area contributed by atoms with Crippen LogP contribution in [0.4, 0.5) is 8.78 Å². The summed E-state index contributed by atoms with van der Waals surface area (Å²) < 4.78 is 33.6. The lowest BCUT2D eigenvalue weighted by Crippen LogP contribution is -2.56. The molecule has 1 heterocycles. The van der Waals surface area contributed by atoms with Gasteiger partial charge in [-0.2, -0.15) is 9.90 Å². The van der Waals surface area contributed by atoms with Gasteiger partial charge in [0, 0.05) is 25.2 Å². The van der Waals surface area contributed by atoms with E-state index in [1.54, 1.807) is 0 Å². The van der Waals surface area contributed by atoms with Crippen LogP contribution in [0.2, 0.25) is 0 Å². The summed E-state index contributed by atoms with van der Waals surface area (Å²) in [6.45, 7) is 5.66. The first-order chi connectivity index (χ1) is 17.2. The Hall–Kier alpha value is -1.89. The monoisotopic (exact) mass is 499 g/mol. The number of aromatic nitrogens is 3. The molecule has 4 aliphatic carbocycles. The molecule has 0 aliphatic heterocycles. The lowest BCUT2D eigenvalue weighted by molar-refractivity contribution is -0.154. The lowest BCUT2D eigenvalue weighted by Gasteiger charge is -2.61. The summed E-state index contributed by atoms with van der Waals surface area (Å²) in [5.41, 5.74) is 0.470. The quantitative estimate of drug-likeness (QED) is 0.492. The summed E-state index contributed by atoms with van der Waals surface area (Å²) in [6, 6.07) is 1.97. The number of carbonyl (C=O) groups excluding carboxylic acids is 1. The number of hydrogen-bond donors (Lipinski definition) is 0. The first-order valence-corrected chi connectivity index (χ1v) is 14.0. The van der Waals surface area contributed by atoms with Crippen LogP contribution in [0.3, 0.4) is 0 Å². The molecular weight excluding hydrogens is 460 g/mol. The third kappa shape index (κ3) is 3.66. The third-order valence-electron chi connectivity index (χ3n) is 11.2. The van der Waals surface area contributed by atoms with Gasteiger partial charge in [0.05, 0.1) is 6.61 Å². The topological polar surface area (TPSA) is 57.0 Å². The predicted octanol–water partition coefficient (Wildman–Crippen LogP) is 6.20. The molecule has 6 unspecified atom stereocenters. The Morgan fingerprint density at radius 1 is 1.08 bits per heavy atom. The standard InChI is InChI=1S/C29H39F2N3O2/c1-17-8-11-29(16-36-3)18(12-17)4-5-20-21-6-7-23(28(21,2)10-9-22(20)29)26(35)15-34-32-25-14-19(30)13-24(31)27(25)33-34/h13-14,17-18,20-23H,4-12,15-16H2,1-3H3/t17?,18?,20?,21?,22?,23-,28?,29-/m1/s1. The van der Waals surface area contributed by atoms with Gasteiger partial charge in [0.1, 0.15) is 23.4 Å². The molecule has 196 valence electrons. The SMILES string of the molecule is COC[C@]12CCC(C)CC1CCC1C3CC[C@H](C(=O)Cn4nc5cc(F)cc(F)c5n4)C3(C)CCC12. The second kappa shape index (κ2) is 8.85. The van der Waals surface area contributed by atoms with E-state index in [-0.39, 0.29) is 34.7 Å². The van der Waals surface area contributed by atoms with Gasteiger partial charge < -0.3 is 4.74 Å². The number of nitrogens with zero attached hydrogens (tertiary/aromatic N) is 3. The zero-order valence-corrected chi connectivity index (χ0v) is 21.8. The zero-order valence-electron chi connectivity index (χ0n) is 21.8. The van der Waals surface area contributed by atoms with E-state index >= 15 is 0 Å². The summed E-state index contributed by atoms with van der Waals surface area (Å²) in [7, 11) is 1.87. The van der Waals surface area contributed by atoms with E-state index in [4.69, 9.17) is 4.74 Å². The maximum absolute atomic E-state index is 14.1. The molecule has 0 radical (unpaired) electrons. The number of hydrogen-bond acceptors (Lipinski definition) is 4. The van der Waals surface area contributed by atoms with Crippen LogP contribution < -0.4 is 0 Å². The van der Waals surface area contributed by atoms with Crippen LogP contribution in [0.5, 0.6) is 0 Å². The van der Waals surface area contributed by atoms with E-state index in [0.29, 0.717) is 23.2 Å². The maximum Gasteiger partial charge on any atom is 0.159 e. The molecular formula is C29H39F2N3O2. The van der Waals surface area contributed by atoms with E-state index in [9.17, 15) is 13.6 Å². The number of methoxy groups -OCH3 is 1. The van der Waals surface area contributed by atoms with E-state index < -0.39 is 11.6 Å². The largest absolute Gasteiger partial charge is 0.384 e. The van der Waals surface area contributed by atoms with Gasteiger partial charge in [0.2, 0.25) is 0 Å². The number of carbonyl (C=O) groups is 1. The Morgan fingerprint density at radius 3 is 2.72 bits per heavy atom. The molecule has 1 aromatic carbocycles. The number of ketones is 1. The molecule has 0 saturated heterocycles. The summed E-state index contributed by atoms with van der Waals surface area (Å²) in [4.78, 5) is 14.9. The Balaban J connectivity index is 1.22. The van der Waals surface area contributed by atoms with Crippen molar-refractivity contribution in [3.63, 3.8) is 0 Å². The number of Topliss-reactive ketones (excluding diaryl/α,β-unsaturated/α-hetero) is 1. The van der Waals surface area contributed by atoms with E-state index in [2.05, 4.69) is 24.0 Å². The first kappa shape index (κ1) is 24.4. The van der Waals surface area contributed by atoms with Gasteiger partial charge in [0.15, 0.2) is 11.6 Å². The summed E-state index contributed by atoms with van der Waals surface area (Å²) in [5, 5.41) is 8.38. The van der Waals surface area contributed by atoms with Crippen LogP contribution in [0.1, 0.15) is 71.6 Å². The molecule has 5 nitrogen and oxygen atoms in total. The minimum absolute atomic E-state index is 0.00869. The highest BCUT2D eigenvalue weighted by atomic mass is 19.1. The normalized spacial score (nSPS) is 40.0. The van der Waals surface area contributed by atoms with Crippen molar-refractivity contribution in [2.24, 2.45) is 46.3 Å². The van der Waals surface area contributed by atoms with Gasteiger partial charge in [-0.15, -0.1) is 5.10 Å². The van der Waals surface area contributed by atoms with E-state index in [0.717, 1.165) is 43.8 Å². The highest BCUT2D eigenvalue weighted by molar-refractivity contribution is 5.82. The van der Waals surface area contributed by atoms with E-state index in [1.165, 1.54) is 49.4 Å². The molecule has 1 aromatic heterocycles. The van der Waals surface area contributed by atoms with Crippen molar-refractivity contribution in [1.82, 2.24) is 15.0 Å². The number of benzene rings is 1. The van der Waals surface area contributed by atoms with Gasteiger partial charge in [-0.1, -0.05) is 20.3 Å². The van der Waals surface area contributed by atoms with Crippen LogP contribution in [0.15, 0.2) is 12.1 Å². The van der Waals surface area contributed by atoms with Crippen molar-refractivity contribution in [3.05, 3.63) is 23.8 Å². The second-order valence-corrected chi connectivity index (χ2v) is 12.8. The van der Waals surface area contributed by atoms with Crippen LogP contribution in [-0.2, 0) is 16.1 Å². The third-order valence-corrected chi connectivity index (χ3v) is 11.2. The molecule has 6 rings (SSSR count). The molecule has 4 aliphatic rings. The highest BCUT2D eigenvalue weighted by Gasteiger charge is 2.62. The van der Waals surface area contributed by atoms with Crippen molar-refractivity contribution < 1.29 is 18.3 Å². The van der Waals surface area contributed by atoms with Crippen molar-refractivity contribution >= 4 is 16.8 Å². The summed E-state index contributed by atoms with van der Waals surface area (Å²) in [6.07, 6.45) is 10.8. The van der Waals surface area contributed by atoms with Gasteiger partial charge in [0.25, 0.3) is 0 Å². The molecule has 0 amide bonds. The number of fused-ring (bicyclic) bond motifs is 6. The Morgan fingerprint density at radius 2 is 1.92 bits per heavy atom. The van der Waals surface area contributed by atoms with Gasteiger partial charge in [-0.25, -0.2) is 8.78 Å². The highest BCUT2D eigenvalue weighted by Crippen LogP contribution is 2.68. The van der Waals surface area contributed by atoms with Crippen LogP contribution in [0, 0.1) is 58.0 Å². The van der Waals surface area contributed by atoms with Crippen LogP contribution in [-0.4, -0.2) is 34.5 Å². The minimum Gasteiger partial charge on any atom is -0.384 e. The first-order valence-electron chi connectivity index (χ1n) is 14.0. The zero-order chi connectivity index (χ0) is 25.2. The lowest BCUT2D eigenvalue weighted by atomic mass is 9.44. The number of rotatable bonds is 5. The van der Waals surface area contributed by atoms with Crippen LogP contribution >= 0.6 is 0 Å². The molecule has 2 aromatic rings. The molecule has 36 heavy (non-hydrogen) atoms. The Bertz CT molecular complexity index is 1170. The fraction of sp³-hybridized carbons (Fsp3) is 0.759. The fourth-order valence-corrected chi connectivity index (χ4v) is 9.65. The smallest absolute Gasteiger partial charge is 0.159 e. The molecule has 0 spiro atoms. The van der Waals surface area contributed by atoms with Crippen molar-refractivity contribution in [1.29, 1.82) is 0 Å². The van der Waals surface area contributed by atoms with Crippen molar-refractivity contribution in [3.8, 4) is 0 Å². The Kier molecular flexibility index (Phi) is 6.01. The summed E-state index contributed by atoms with van der Waals surface area (Å²) in [5.74, 6) is 2.20. The predicted molar refractivity (Wildman–Crippen MR) is 133 cm³/mol. The molecule has 4 fully saturated rings. The van der Waals surface area contributed by atoms with Gasteiger partial charge >= 0.3 is 0 Å². The van der Waals surface area contributed by atoms with Crippen molar-refractivity contribution in [2.75, 3.05) is 13.7 Å². The average Bonchev–Trinajstić information content (AvgIpc) is 3.39. The molecule has 0 N–H and O–H groups in total. The van der Waals surface area contributed by atoms with Gasteiger partial charge in [-0.05, 0) is 91.8 Å². The Labute approximate surface area is 212 Å². The molecule has 0 bridgehead atoms. The average molecular weight is 500 g/mol. The van der Waals surface area contributed by atoms with Crippen LogP contribution in [0.25, 0.3) is 11.0 Å². The van der Waals surface area contributed by atoms with Crippen molar-refractivity contribution in [2.45, 2.75) is 78.2 Å². The second-order valence-electron chi connectivity index (χ2n) is 12.8. The number of ether oxygens (including phenoxy) is 1. The molecule has 4 saturated carbocycles. The molecule has 8 atom stereocenters. The van der Waals surface area contributed by atoms with Gasteiger partial charge in [-0.3, -0.25) is 4.79 Å². The van der Waals surface area contributed by atoms with E-state index in [1.807, 2.05) is 7.11 Å². The molecule has 7 heteroatoms. The minimum atomic E-state index is -0.743. The number of halogens is 2.